The van der Waals surface area contributed by atoms with Crippen LogP contribution in [0.1, 0.15) is 0 Å². The summed E-state index contributed by atoms with van der Waals surface area (Å²) in [6.45, 7) is 4.83. The topological polar surface area (TPSA) is 64.5 Å². The van der Waals surface area contributed by atoms with Gasteiger partial charge in [-0.3, -0.25) is 4.90 Å². The molecule has 0 atom stereocenters. The van der Waals surface area contributed by atoms with Crippen LogP contribution in [0.3, 0.4) is 0 Å². The van der Waals surface area contributed by atoms with E-state index in [0.717, 1.165) is 38.5 Å². The standard InChI is InChI=1S/C11H19N5O/c1-12-11-13-3-2-10(14-11)16-6-4-15(5-7-16)8-9-17/h2-3,17H,4-9H2,1H3,(H,12,13,14). The van der Waals surface area contributed by atoms with Gasteiger partial charge in [-0.15, -0.1) is 0 Å². The van der Waals surface area contributed by atoms with E-state index in [-0.39, 0.29) is 6.61 Å². The van der Waals surface area contributed by atoms with Gasteiger partial charge in [0.1, 0.15) is 5.82 Å². The third-order valence-corrected chi connectivity index (χ3v) is 2.98. The molecule has 0 radical (unpaired) electrons. The maximum Gasteiger partial charge on any atom is 0.224 e. The molecule has 17 heavy (non-hydrogen) atoms. The zero-order valence-corrected chi connectivity index (χ0v) is 10.1. The molecule has 1 aromatic heterocycles. The van der Waals surface area contributed by atoms with Crippen molar-refractivity contribution in [3.05, 3.63) is 12.3 Å². The molecule has 1 aliphatic rings. The lowest BCUT2D eigenvalue weighted by Crippen LogP contribution is -2.47. The molecule has 0 aliphatic carbocycles. The fraction of sp³-hybridized carbons (Fsp3) is 0.636. The lowest BCUT2D eigenvalue weighted by atomic mass is 10.3. The number of nitrogens with one attached hydrogen (secondary N) is 1. The van der Waals surface area contributed by atoms with E-state index in [2.05, 4.69) is 25.1 Å². The van der Waals surface area contributed by atoms with Gasteiger partial charge in [-0.05, 0) is 6.07 Å². The summed E-state index contributed by atoms with van der Waals surface area (Å²) >= 11 is 0. The lowest BCUT2D eigenvalue weighted by molar-refractivity contribution is 0.188. The molecule has 0 saturated carbocycles. The Labute approximate surface area is 101 Å². The largest absolute Gasteiger partial charge is 0.395 e. The van der Waals surface area contributed by atoms with Crippen LogP contribution in [-0.2, 0) is 0 Å². The second-order valence-electron chi connectivity index (χ2n) is 4.04. The summed E-state index contributed by atoms with van der Waals surface area (Å²) in [7, 11) is 1.82. The van der Waals surface area contributed by atoms with E-state index in [4.69, 9.17) is 5.11 Å². The SMILES string of the molecule is CNc1nccc(N2CCN(CCO)CC2)n1. The van der Waals surface area contributed by atoms with E-state index >= 15 is 0 Å². The molecule has 94 valence electrons. The van der Waals surface area contributed by atoms with Gasteiger partial charge in [0, 0.05) is 46.0 Å². The summed E-state index contributed by atoms with van der Waals surface area (Å²) in [6, 6.07) is 1.93. The second kappa shape index (κ2) is 5.79. The number of hydrogen-bond donors (Lipinski definition) is 2. The first kappa shape index (κ1) is 12.1. The summed E-state index contributed by atoms with van der Waals surface area (Å²) < 4.78 is 0. The van der Waals surface area contributed by atoms with E-state index in [1.165, 1.54) is 0 Å². The van der Waals surface area contributed by atoms with Crippen molar-refractivity contribution in [1.82, 2.24) is 14.9 Å². The van der Waals surface area contributed by atoms with Gasteiger partial charge in [-0.2, -0.15) is 4.98 Å². The maximum absolute atomic E-state index is 8.89. The molecule has 1 aromatic rings. The highest BCUT2D eigenvalue weighted by molar-refractivity contribution is 5.42. The van der Waals surface area contributed by atoms with Crippen molar-refractivity contribution in [3.63, 3.8) is 0 Å². The van der Waals surface area contributed by atoms with Gasteiger partial charge >= 0.3 is 0 Å². The van der Waals surface area contributed by atoms with Gasteiger partial charge in [0.05, 0.1) is 6.61 Å². The third kappa shape index (κ3) is 3.04. The minimum atomic E-state index is 0.234. The fourth-order valence-electron chi connectivity index (χ4n) is 1.99. The number of β-amino-alcohol motifs (C(OH)–C–C–N with tert-alkyl or cyclic N) is 1. The molecule has 0 unspecified atom stereocenters. The average Bonchev–Trinajstić information content (AvgIpc) is 2.40. The Bertz CT molecular complexity index is 351. The highest BCUT2D eigenvalue weighted by Crippen LogP contribution is 2.14. The highest BCUT2D eigenvalue weighted by atomic mass is 16.3. The quantitative estimate of drug-likeness (QED) is 0.745. The van der Waals surface area contributed by atoms with Gasteiger partial charge in [-0.1, -0.05) is 0 Å². The number of piperazine rings is 1. The summed E-state index contributed by atoms with van der Waals surface area (Å²) in [4.78, 5) is 13.0. The van der Waals surface area contributed by atoms with Crippen molar-refractivity contribution in [3.8, 4) is 0 Å². The van der Waals surface area contributed by atoms with Gasteiger partial charge in [-0.25, -0.2) is 4.98 Å². The number of hydrogen-bond acceptors (Lipinski definition) is 6. The molecular weight excluding hydrogens is 218 g/mol. The van der Waals surface area contributed by atoms with Crippen molar-refractivity contribution in [2.45, 2.75) is 0 Å². The molecule has 0 aromatic carbocycles. The molecule has 2 rings (SSSR count). The van der Waals surface area contributed by atoms with Crippen molar-refractivity contribution in [1.29, 1.82) is 0 Å². The minimum absolute atomic E-state index is 0.234. The molecule has 2 N–H and O–H groups in total. The number of nitrogens with zero attached hydrogens (tertiary/aromatic N) is 4. The number of aromatic nitrogens is 2. The zero-order chi connectivity index (χ0) is 12.1. The van der Waals surface area contributed by atoms with Crippen molar-refractivity contribution < 1.29 is 5.11 Å². The Kier molecular flexibility index (Phi) is 4.11. The van der Waals surface area contributed by atoms with Gasteiger partial charge in [0.2, 0.25) is 5.95 Å². The molecule has 1 fully saturated rings. The van der Waals surface area contributed by atoms with Crippen LogP contribution in [0, 0.1) is 0 Å². The fourth-order valence-corrected chi connectivity index (χ4v) is 1.99. The van der Waals surface area contributed by atoms with Crippen LogP contribution in [0.5, 0.6) is 0 Å². The van der Waals surface area contributed by atoms with Gasteiger partial charge in [0.25, 0.3) is 0 Å². The van der Waals surface area contributed by atoms with Crippen LogP contribution < -0.4 is 10.2 Å². The third-order valence-electron chi connectivity index (χ3n) is 2.98. The van der Waals surface area contributed by atoms with E-state index in [1.54, 1.807) is 6.20 Å². The van der Waals surface area contributed by atoms with E-state index in [0.29, 0.717) is 5.95 Å². The normalized spacial score (nSPS) is 17.2. The van der Waals surface area contributed by atoms with Crippen LogP contribution in [0.15, 0.2) is 12.3 Å². The van der Waals surface area contributed by atoms with Crippen LogP contribution in [0.2, 0.25) is 0 Å². The van der Waals surface area contributed by atoms with Crippen LogP contribution in [0.4, 0.5) is 11.8 Å². The van der Waals surface area contributed by atoms with E-state index in [1.807, 2.05) is 13.1 Å². The van der Waals surface area contributed by atoms with Crippen molar-refractivity contribution in [2.75, 3.05) is 56.6 Å². The molecule has 0 spiro atoms. The van der Waals surface area contributed by atoms with Gasteiger partial charge in [0.15, 0.2) is 0 Å². The van der Waals surface area contributed by atoms with Crippen LogP contribution in [-0.4, -0.2) is 66.4 Å². The van der Waals surface area contributed by atoms with E-state index < -0.39 is 0 Å². The number of aliphatic hydroxyl groups excluding tert-OH is 1. The monoisotopic (exact) mass is 237 g/mol. The molecule has 1 saturated heterocycles. The molecule has 6 heteroatoms. The van der Waals surface area contributed by atoms with Crippen molar-refractivity contribution >= 4 is 11.8 Å². The van der Waals surface area contributed by atoms with Crippen LogP contribution >= 0.6 is 0 Å². The Morgan fingerprint density at radius 2 is 2.12 bits per heavy atom. The average molecular weight is 237 g/mol. The Morgan fingerprint density at radius 1 is 1.35 bits per heavy atom. The smallest absolute Gasteiger partial charge is 0.224 e. The Hall–Kier alpha value is -1.40. The first-order valence-corrected chi connectivity index (χ1v) is 5.92. The lowest BCUT2D eigenvalue weighted by Gasteiger charge is -2.35. The predicted octanol–water partition coefficient (Wildman–Crippen LogP) is -0.367. The summed E-state index contributed by atoms with van der Waals surface area (Å²) in [5, 5.41) is 11.8. The molecule has 6 nitrogen and oxygen atoms in total. The first-order valence-electron chi connectivity index (χ1n) is 5.92. The van der Waals surface area contributed by atoms with Crippen molar-refractivity contribution in [2.24, 2.45) is 0 Å². The van der Waals surface area contributed by atoms with E-state index in [9.17, 15) is 0 Å². The number of aliphatic hydroxyl groups is 1. The molecule has 2 heterocycles. The summed E-state index contributed by atoms with van der Waals surface area (Å²) in [6.07, 6.45) is 1.77. The van der Waals surface area contributed by atoms with Gasteiger partial charge < -0.3 is 15.3 Å². The summed E-state index contributed by atoms with van der Waals surface area (Å²) in [5.74, 6) is 1.62. The molecule has 1 aliphatic heterocycles. The molecule has 0 bridgehead atoms. The first-order chi connectivity index (χ1) is 8.33. The Balaban J connectivity index is 1.95. The Morgan fingerprint density at radius 3 is 2.76 bits per heavy atom. The molecule has 0 amide bonds. The number of rotatable bonds is 4. The van der Waals surface area contributed by atoms with Crippen LogP contribution in [0.25, 0.3) is 0 Å². The second-order valence-corrected chi connectivity index (χ2v) is 4.04. The minimum Gasteiger partial charge on any atom is -0.395 e. The summed E-state index contributed by atoms with van der Waals surface area (Å²) in [5.41, 5.74) is 0. The highest BCUT2D eigenvalue weighted by Gasteiger charge is 2.17. The maximum atomic E-state index is 8.89. The molecular formula is C11H19N5O. The predicted molar refractivity (Wildman–Crippen MR) is 67.3 cm³/mol. The zero-order valence-electron chi connectivity index (χ0n) is 10.1. The number of anilines is 2.